The lowest BCUT2D eigenvalue weighted by Gasteiger charge is -2.41. The fraction of sp³-hybridized carbons (Fsp3) is 0.600. The van der Waals surface area contributed by atoms with Gasteiger partial charge >= 0.3 is 0 Å². The molecule has 4 heteroatoms. The second-order valence-corrected chi connectivity index (χ2v) is 5.72. The van der Waals surface area contributed by atoms with Crippen LogP contribution in [-0.2, 0) is 6.42 Å². The molecule has 1 aromatic carbocycles. The molecule has 1 unspecified atom stereocenters. The third-order valence-electron chi connectivity index (χ3n) is 3.81. The standard InChI is InChI=1S/C15H23ClFNO/c1-5-18(6-2)15(3,4)14(19)10-11-9-12(16)7-8-13(11)17/h7-9,14,19H,5-6,10H2,1-4H3. The van der Waals surface area contributed by atoms with Gasteiger partial charge in [0.05, 0.1) is 6.10 Å². The minimum absolute atomic E-state index is 0.260. The van der Waals surface area contributed by atoms with Crippen molar-refractivity contribution in [1.82, 2.24) is 4.90 Å². The molecule has 108 valence electrons. The van der Waals surface area contributed by atoms with Gasteiger partial charge in [0.2, 0.25) is 0 Å². The number of hydrogen-bond donors (Lipinski definition) is 1. The van der Waals surface area contributed by atoms with Crippen molar-refractivity contribution in [1.29, 1.82) is 0 Å². The summed E-state index contributed by atoms with van der Waals surface area (Å²) in [6.07, 6.45) is -0.393. The predicted octanol–water partition coefficient (Wildman–Crippen LogP) is 3.50. The van der Waals surface area contributed by atoms with Crippen molar-refractivity contribution >= 4 is 11.6 Å². The van der Waals surface area contributed by atoms with Crippen LogP contribution in [0.4, 0.5) is 4.39 Å². The molecule has 0 spiro atoms. The van der Waals surface area contributed by atoms with Crippen LogP contribution in [0.5, 0.6) is 0 Å². The summed E-state index contributed by atoms with van der Waals surface area (Å²) in [5, 5.41) is 10.9. The smallest absolute Gasteiger partial charge is 0.126 e. The Kier molecular flexibility index (Phi) is 5.78. The van der Waals surface area contributed by atoms with Crippen molar-refractivity contribution in [3.8, 4) is 0 Å². The number of halogens is 2. The van der Waals surface area contributed by atoms with E-state index < -0.39 is 11.6 Å². The third-order valence-corrected chi connectivity index (χ3v) is 4.05. The van der Waals surface area contributed by atoms with E-state index in [-0.39, 0.29) is 12.2 Å². The molecule has 0 aromatic heterocycles. The van der Waals surface area contributed by atoms with Crippen molar-refractivity contribution in [2.45, 2.75) is 45.8 Å². The van der Waals surface area contributed by atoms with E-state index in [1.54, 1.807) is 6.07 Å². The molecule has 0 fully saturated rings. The second kappa shape index (κ2) is 6.69. The Morgan fingerprint density at radius 2 is 1.89 bits per heavy atom. The van der Waals surface area contributed by atoms with Gasteiger partial charge in [-0.2, -0.15) is 0 Å². The van der Waals surface area contributed by atoms with Crippen LogP contribution >= 0.6 is 11.6 Å². The van der Waals surface area contributed by atoms with Gasteiger partial charge in [-0.1, -0.05) is 25.4 Å². The maximum atomic E-state index is 13.7. The molecule has 2 nitrogen and oxygen atoms in total. The molecule has 1 aromatic rings. The number of aliphatic hydroxyl groups is 1. The van der Waals surface area contributed by atoms with Gasteiger partial charge in [0, 0.05) is 17.0 Å². The molecule has 0 amide bonds. The predicted molar refractivity (Wildman–Crippen MR) is 78.1 cm³/mol. The quantitative estimate of drug-likeness (QED) is 0.865. The molecule has 1 rings (SSSR count). The number of likely N-dealkylation sites (N-methyl/N-ethyl adjacent to an activating group) is 1. The molecule has 0 bridgehead atoms. The van der Waals surface area contributed by atoms with E-state index in [0.717, 1.165) is 13.1 Å². The highest BCUT2D eigenvalue weighted by Crippen LogP contribution is 2.24. The molecule has 19 heavy (non-hydrogen) atoms. The van der Waals surface area contributed by atoms with E-state index in [0.29, 0.717) is 10.6 Å². The Labute approximate surface area is 120 Å². The van der Waals surface area contributed by atoms with Gasteiger partial charge in [-0.3, -0.25) is 4.90 Å². The summed E-state index contributed by atoms with van der Waals surface area (Å²) in [6, 6.07) is 4.44. The Bertz CT molecular complexity index is 419. The highest BCUT2D eigenvalue weighted by Gasteiger charge is 2.33. The van der Waals surface area contributed by atoms with Gasteiger partial charge in [0.15, 0.2) is 0 Å². The topological polar surface area (TPSA) is 23.5 Å². The zero-order chi connectivity index (χ0) is 14.6. The maximum Gasteiger partial charge on any atom is 0.126 e. The lowest BCUT2D eigenvalue weighted by Crippen LogP contribution is -2.53. The fourth-order valence-corrected chi connectivity index (χ4v) is 2.60. The summed E-state index contributed by atoms with van der Waals surface area (Å²) in [7, 11) is 0. The number of aliphatic hydroxyl groups excluding tert-OH is 1. The van der Waals surface area contributed by atoms with E-state index in [1.165, 1.54) is 12.1 Å². The van der Waals surface area contributed by atoms with E-state index in [2.05, 4.69) is 18.7 Å². The Balaban J connectivity index is 2.89. The first-order valence-corrected chi connectivity index (χ1v) is 7.07. The average Bonchev–Trinajstić information content (AvgIpc) is 2.35. The van der Waals surface area contributed by atoms with Crippen LogP contribution in [0, 0.1) is 5.82 Å². The van der Waals surface area contributed by atoms with Crippen LogP contribution in [-0.4, -0.2) is 34.7 Å². The maximum absolute atomic E-state index is 13.7. The summed E-state index contributed by atoms with van der Waals surface area (Å²) >= 11 is 5.87. The van der Waals surface area contributed by atoms with Crippen LogP contribution < -0.4 is 0 Å². The molecule has 0 aliphatic carbocycles. The number of hydrogen-bond acceptors (Lipinski definition) is 2. The number of benzene rings is 1. The van der Waals surface area contributed by atoms with Crippen molar-refractivity contribution in [2.24, 2.45) is 0 Å². The van der Waals surface area contributed by atoms with Crippen molar-refractivity contribution in [3.05, 3.63) is 34.6 Å². The molecule has 0 radical (unpaired) electrons. The normalized spacial score (nSPS) is 13.9. The van der Waals surface area contributed by atoms with Crippen molar-refractivity contribution < 1.29 is 9.50 Å². The minimum atomic E-state index is -0.652. The third kappa shape index (κ3) is 3.91. The van der Waals surface area contributed by atoms with Crippen LogP contribution in [0.25, 0.3) is 0 Å². The number of nitrogens with zero attached hydrogens (tertiary/aromatic N) is 1. The van der Waals surface area contributed by atoms with Crippen LogP contribution in [0.1, 0.15) is 33.3 Å². The largest absolute Gasteiger partial charge is 0.391 e. The lowest BCUT2D eigenvalue weighted by atomic mass is 9.89. The van der Waals surface area contributed by atoms with Crippen molar-refractivity contribution in [2.75, 3.05) is 13.1 Å². The first-order chi connectivity index (χ1) is 8.82. The average molecular weight is 288 g/mol. The first-order valence-electron chi connectivity index (χ1n) is 6.69. The SMILES string of the molecule is CCN(CC)C(C)(C)C(O)Cc1cc(Cl)ccc1F. The second-order valence-electron chi connectivity index (χ2n) is 5.28. The molecule has 1 N–H and O–H groups in total. The van der Waals surface area contributed by atoms with E-state index in [9.17, 15) is 9.50 Å². The van der Waals surface area contributed by atoms with Gasteiger partial charge in [0.1, 0.15) is 5.82 Å². The summed E-state index contributed by atoms with van der Waals surface area (Å²) in [5.74, 6) is -0.321. The molecule has 1 atom stereocenters. The van der Waals surface area contributed by atoms with Crippen LogP contribution in [0.2, 0.25) is 5.02 Å². The van der Waals surface area contributed by atoms with E-state index in [1.807, 2.05) is 13.8 Å². The Hall–Kier alpha value is -0.640. The van der Waals surface area contributed by atoms with Gasteiger partial charge in [0.25, 0.3) is 0 Å². The van der Waals surface area contributed by atoms with Crippen molar-refractivity contribution in [3.63, 3.8) is 0 Å². The highest BCUT2D eigenvalue weighted by atomic mass is 35.5. The molecule has 0 saturated carbocycles. The Morgan fingerprint density at radius 1 is 1.32 bits per heavy atom. The minimum Gasteiger partial charge on any atom is -0.391 e. The fourth-order valence-electron chi connectivity index (χ4n) is 2.41. The molecule has 0 saturated heterocycles. The van der Waals surface area contributed by atoms with Crippen LogP contribution in [0.15, 0.2) is 18.2 Å². The first kappa shape index (κ1) is 16.4. The summed E-state index contributed by atoms with van der Waals surface area (Å²) in [6.45, 7) is 9.76. The van der Waals surface area contributed by atoms with Crippen LogP contribution in [0.3, 0.4) is 0 Å². The highest BCUT2D eigenvalue weighted by molar-refractivity contribution is 6.30. The summed E-state index contributed by atoms with van der Waals surface area (Å²) in [5.41, 5.74) is 0.0540. The summed E-state index contributed by atoms with van der Waals surface area (Å²) in [4.78, 5) is 2.17. The molecule has 0 aliphatic heterocycles. The lowest BCUT2D eigenvalue weighted by molar-refractivity contribution is -0.00454. The van der Waals surface area contributed by atoms with Gasteiger partial charge in [-0.25, -0.2) is 4.39 Å². The van der Waals surface area contributed by atoms with Gasteiger partial charge in [-0.05, 0) is 50.7 Å². The molecule has 0 aliphatic rings. The van der Waals surface area contributed by atoms with E-state index in [4.69, 9.17) is 11.6 Å². The van der Waals surface area contributed by atoms with Gasteiger partial charge < -0.3 is 5.11 Å². The Morgan fingerprint density at radius 3 is 2.42 bits per heavy atom. The molecule has 0 heterocycles. The number of rotatable bonds is 6. The molecular formula is C15H23ClFNO. The molecular weight excluding hydrogens is 265 g/mol. The summed E-state index contributed by atoms with van der Waals surface area (Å²) < 4.78 is 13.7. The zero-order valence-corrected chi connectivity index (χ0v) is 12.8. The van der Waals surface area contributed by atoms with E-state index >= 15 is 0 Å². The van der Waals surface area contributed by atoms with Gasteiger partial charge in [-0.15, -0.1) is 0 Å². The monoisotopic (exact) mass is 287 g/mol. The zero-order valence-electron chi connectivity index (χ0n) is 12.1.